The van der Waals surface area contributed by atoms with Gasteiger partial charge in [0, 0.05) is 5.56 Å². The molecule has 0 radical (unpaired) electrons. The van der Waals surface area contributed by atoms with Crippen molar-refractivity contribution in [2.75, 3.05) is 6.54 Å². The summed E-state index contributed by atoms with van der Waals surface area (Å²) < 4.78 is 4.94. The zero-order chi connectivity index (χ0) is 6.10. The minimum Gasteiger partial charge on any atom is -0.360 e. The fraction of sp³-hybridized carbons (Fsp3) is 0.500. The van der Waals surface area contributed by atoms with E-state index in [-0.39, 0.29) is 0 Å². The van der Waals surface area contributed by atoms with Gasteiger partial charge in [-0.25, -0.2) is 0 Å². The van der Waals surface area contributed by atoms with Crippen LogP contribution in [0.5, 0.6) is 0 Å². The SMILES string of the molecule is c1noc2c1CCNC2. The molecular formula is C6H8N2O. The molecule has 1 aromatic heterocycles. The lowest BCUT2D eigenvalue weighted by Gasteiger charge is -2.08. The molecule has 0 unspecified atom stereocenters. The predicted molar refractivity (Wildman–Crippen MR) is 31.9 cm³/mol. The molecule has 3 heteroatoms. The first-order valence-electron chi connectivity index (χ1n) is 3.10. The molecule has 48 valence electrons. The third kappa shape index (κ3) is 0.733. The van der Waals surface area contributed by atoms with Crippen molar-refractivity contribution in [3.05, 3.63) is 17.5 Å². The van der Waals surface area contributed by atoms with Crippen LogP contribution in [0.4, 0.5) is 0 Å². The van der Waals surface area contributed by atoms with E-state index in [1.165, 1.54) is 5.56 Å². The van der Waals surface area contributed by atoms with Gasteiger partial charge in [0.1, 0.15) is 0 Å². The predicted octanol–water partition coefficient (Wildman–Crippen LogP) is 0.320. The normalized spacial score (nSPS) is 17.3. The van der Waals surface area contributed by atoms with E-state index in [1.54, 1.807) is 6.20 Å². The minimum atomic E-state index is 0.843. The summed E-state index contributed by atoms with van der Waals surface area (Å²) in [6.07, 6.45) is 2.86. The topological polar surface area (TPSA) is 38.1 Å². The van der Waals surface area contributed by atoms with Gasteiger partial charge in [0.2, 0.25) is 0 Å². The van der Waals surface area contributed by atoms with E-state index in [4.69, 9.17) is 4.52 Å². The lowest BCUT2D eigenvalue weighted by Crippen LogP contribution is -2.22. The molecule has 0 bridgehead atoms. The number of hydrogen-bond acceptors (Lipinski definition) is 3. The average Bonchev–Trinajstić information content (AvgIpc) is 2.33. The molecule has 9 heavy (non-hydrogen) atoms. The molecule has 3 nitrogen and oxygen atoms in total. The lowest BCUT2D eigenvalue weighted by atomic mass is 10.1. The highest BCUT2D eigenvalue weighted by atomic mass is 16.5. The Labute approximate surface area is 53.0 Å². The molecule has 1 aliphatic heterocycles. The molecule has 0 aromatic carbocycles. The van der Waals surface area contributed by atoms with E-state index >= 15 is 0 Å². The van der Waals surface area contributed by atoms with Crippen LogP contribution in [0, 0.1) is 0 Å². The van der Waals surface area contributed by atoms with E-state index in [0.717, 1.165) is 25.3 Å². The molecule has 0 atom stereocenters. The molecule has 0 fully saturated rings. The number of hydrogen-bond donors (Lipinski definition) is 1. The van der Waals surface area contributed by atoms with Gasteiger partial charge in [-0.1, -0.05) is 5.16 Å². The molecule has 1 aromatic rings. The zero-order valence-electron chi connectivity index (χ0n) is 5.05. The highest BCUT2D eigenvalue weighted by molar-refractivity contribution is 5.15. The summed E-state index contributed by atoms with van der Waals surface area (Å²) in [5.74, 6) is 1.00. The fourth-order valence-electron chi connectivity index (χ4n) is 1.06. The van der Waals surface area contributed by atoms with Crippen LogP contribution in [0.3, 0.4) is 0 Å². The van der Waals surface area contributed by atoms with Gasteiger partial charge in [0.15, 0.2) is 5.76 Å². The van der Waals surface area contributed by atoms with Crippen molar-refractivity contribution in [2.45, 2.75) is 13.0 Å². The summed E-state index contributed by atoms with van der Waals surface area (Å²) in [6, 6.07) is 0. The minimum absolute atomic E-state index is 0.843. The Balaban J connectivity index is 2.39. The Morgan fingerprint density at radius 3 is 3.56 bits per heavy atom. The Hall–Kier alpha value is -0.830. The lowest BCUT2D eigenvalue weighted by molar-refractivity contribution is 0.365. The summed E-state index contributed by atoms with van der Waals surface area (Å²) in [7, 11) is 0. The molecule has 0 saturated carbocycles. The molecular weight excluding hydrogens is 116 g/mol. The molecule has 1 N–H and O–H groups in total. The standard InChI is InChI=1S/C6H8N2O/c1-2-7-4-6-5(1)3-8-9-6/h3,7H,1-2,4H2. The van der Waals surface area contributed by atoms with E-state index < -0.39 is 0 Å². The summed E-state index contributed by atoms with van der Waals surface area (Å²) >= 11 is 0. The number of nitrogens with zero attached hydrogens (tertiary/aromatic N) is 1. The van der Waals surface area contributed by atoms with Crippen LogP contribution in [-0.2, 0) is 13.0 Å². The first kappa shape index (κ1) is 4.99. The van der Waals surface area contributed by atoms with E-state index in [9.17, 15) is 0 Å². The van der Waals surface area contributed by atoms with Crippen molar-refractivity contribution >= 4 is 0 Å². The number of rotatable bonds is 0. The molecule has 0 aliphatic carbocycles. The average molecular weight is 124 g/mol. The van der Waals surface area contributed by atoms with Crippen LogP contribution < -0.4 is 5.32 Å². The summed E-state index contributed by atoms with van der Waals surface area (Å²) in [4.78, 5) is 0. The fourth-order valence-corrected chi connectivity index (χ4v) is 1.06. The summed E-state index contributed by atoms with van der Waals surface area (Å²) in [5, 5.41) is 6.88. The van der Waals surface area contributed by atoms with Crippen LogP contribution in [-0.4, -0.2) is 11.7 Å². The van der Waals surface area contributed by atoms with Crippen molar-refractivity contribution in [3.8, 4) is 0 Å². The number of nitrogens with one attached hydrogen (secondary N) is 1. The largest absolute Gasteiger partial charge is 0.360 e. The second-order valence-corrected chi connectivity index (χ2v) is 2.20. The van der Waals surface area contributed by atoms with Gasteiger partial charge < -0.3 is 9.84 Å². The first-order chi connectivity index (χ1) is 4.47. The van der Waals surface area contributed by atoms with Gasteiger partial charge in [-0.15, -0.1) is 0 Å². The van der Waals surface area contributed by atoms with Crippen molar-refractivity contribution in [1.82, 2.24) is 10.5 Å². The Bertz CT molecular complexity index is 186. The molecule has 0 amide bonds. The monoisotopic (exact) mass is 124 g/mol. The second-order valence-electron chi connectivity index (χ2n) is 2.20. The van der Waals surface area contributed by atoms with Crippen molar-refractivity contribution in [3.63, 3.8) is 0 Å². The third-order valence-electron chi connectivity index (χ3n) is 1.59. The van der Waals surface area contributed by atoms with Gasteiger partial charge in [0.05, 0.1) is 12.7 Å². The van der Waals surface area contributed by atoms with Gasteiger partial charge in [0.25, 0.3) is 0 Å². The Kier molecular flexibility index (Phi) is 1.02. The van der Waals surface area contributed by atoms with Crippen molar-refractivity contribution < 1.29 is 4.52 Å². The van der Waals surface area contributed by atoms with E-state index in [0.29, 0.717) is 0 Å². The highest BCUT2D eigenvalue weighted by Crippen LogP contribution is 2.10. The van der Waals surface area contributed by atoms with Crippen LogP contribution in [0.15, 0.2) is 10.7 Å². The molecule has 0 spiro atoms. The smallest absolute Gasteiger partial charge is 0.153 e. The summed E-state index contributed by atoms with van der Waals surface area (Å²) in [6.45, 7) is 1.89. The molecule has 2 heterocycles. The van der Waals surface area contributed by atoms with Crippen molar-refractivity contribution in [1.29, 1.82) is 0 Å². The van der Waals surface area contributed by atoms with Crippen molar-refractivity contribution in [2.24, 2.45) is 0 Å². The maximum Gasteiger partial charge on any atom is 0.153 e. The second kappa shape index (κ2) is 1.84. The number of fused-ring (bicyclic) bond motifs is 1. The molecule has 0 saturated heterocycles. The number of aromatic nitrogens is 1. The highest BCUT2D eigenvalue weighted by Gasteiger charge is 2.10. The van der Waals surface area contributed by atoms with Crippen LogP contribution in [0.25, 0.3) is 0 Å². The van der Waals surface area contributed by atoms with E-state index in [1.807, 2.05) is 0 Å². The molecule has 2 rings (SSSR count). The van der Waals surface area contributed by atoms with Gasteiger partial charge in [-0.2, -0.15) is 0 Å². The van der Waals surface area contributed by atoms with Crippen LogP contribution in [0.2, 0.25) is 0 Å². The third-order valence-corrected chi connectivity index (χ3v) is 1.59. The summed E-state index contributed by atoms with van der Waals surface area (Å²) in [5.41, 5.74) is 1.26. The van der Waals surface area contributed by atoms with Crippen LogP contribution in [0.1, 0.15) is 11.3 Å². The first-order valence-corrected chi connectivity index (χ1v) is 3.10. The van der Waals surface area contributed by atoms with Gasteiger partial charge >= 0.3 is 0 Å². The van der Waals surface area contributed by atoms with E-state index in [2.05, 4.69) is 10.5 Å². The van der Waals surface area contributed by atoms with Gasteiger partial charge in [-0.05, 0) is 13.0 Å². The maximum absolute atomic E-state index is 4.94. The Morgan fingerprint density at radius 1 is 1.67 bits per heavy atom. The van der Waals surface area contributed by atoms with Gasteiger partial charge in [-0.3, -0.25) is 0 Å². The molecule has 1 aliphatic rings. The quantitative estimate of drug-likeness (QED) is 0.541. The zero-order valence-corrected chi connectivity index (χ0v) is 5.05. The Morgan fingerprint density at radius 2 is 2.67 bits per heavy atom. The maximum atomic E-state index is 4.94. The van der Waals surface area contributed by atoms with Crippen LogP contribution >= 0.6 is 0 Å².